The minimum Gasteiger partial charge on any atom is -0.462 e. The minimum absolute atomic E-state index is 0.725. The molecular formula is C34H44Cl3NO22. The van der Waals surface area contributed by atoms with Gasteiger partial charge in [0.1, 0.15) is 18.8 Å². The third kappa shape index (κ3) is 16.1. The SMILES string of the molecule is CC(=O)OC[C@H](OC(C)=O)[C@H]1O[C@H](OC[C@H](OC(C)=O)[C@H]2O[C@H](OC(=N)C(Cl)(Cl)Cl)[C@@H](OC(C)=O)[C@@H](OC(C)=O)[C@@H]2OC(C)=O)[C@@H](OC(C)=O)[C@@H](OC(C)=O)[C@@H]1OC(C)=O. The van der Waals surface area contributed by atoms with E-state index in [2.05, 4.69) is 0 Å². The molecule has 0 unspecified atom stereocenters. The average molecular weight is 925 g/mol. The Kier molecular flexibility index (Phi) is 19.7. The Hall–Kier alpha value is -4.55. The second kappa shape index (κ2) is 22.9. The third-order valence-corrected chi connectivity index (χ3v) is 8.12. The lowest BCUT2D eigenvalue weighted by molar-refractivity contribution is -0.330. The minimum atomic E-state index is -2.55. The monoisotopic (exact) mass is 923 g/mol. The Balaban J connectivity index is 2.84. The van der Waals surface area contributed by atoms with Crippen LogP contribution >= 0.6 is 34.8 Å². The maximum Gasteiger partial charge on any atom is 0.303 e. The summed E-state index contributed by atoms with van der Waals surface area (Å²) in [5, 5.41) is 8.15. The van der Waals surface area contributed by atoms with Gasteiger partial charge in [0.2, 0.25) is 18.3 Å². The Bertz CT molecular complexity index is 1640. The van der Waals surface area contributed by atoms with Crippen molar-refractivity contribution < 1.29 is 105 Å². The molecule has 2 aliphatic rings. The summed E-state index contributed by atoms with van der Waals surface area (Å²) in [4.78, 5) is 111. The molecule has 0 spiro atoms. The topological polar surface area (TPSA) is 297 Å². The normalized spacial score (nSPS) is 27.3. The molecule has 0 aromatic carbocycles. The molecule has 2 saturated heterocycles. The van der Waals surface area contributed by atoms with E-state index in [9.17, 15) is 43.2 Å². The number of nitrogens with one attached hydrogen (secondary N) is 1. The van der Waals surface area contributed by atoms with Gasteiger partial charge >= 0.3 is 53.7 Å². The molecule has 0 amide bonds. The molecule has 0 bridgehead atoms. The van der Waals surface area contributed by atoms with Gasteiger partial charge in [0.05, 0.1) is 6.61 Å². The molecule has 0 aromatic rings. The first kappa shape index (κ1) is 51.6. The number of carbonyl (C=O) groups is 9. The standard InChI is InChI=1S/C34H44Cl3NO22/c1-12(39)48-10-21(50-13(2)40)23-25(52-15(4)42)27(54-17(6)44)29(56-19(8)46)31(58-23)49-11-22(51-14(3)41)24-26(53-16(5)43)28(55-18(7)45)30(57-20(9)47)32(59-24)60-33(38)34(35,36)37/h21-32,38H,10-11H2,1-9H3/t21-,22-,23+,24+,25+,26+,27-,28-,29-,30-,31-,32+/m0/s1. The van der Waals surface area contributed by atoms with Gasteiger partial charge in [0.15, 0.2) is 49.0 Å². The van der Waals surface area contributed by atoms with Crippen LogP contribution in [0.5, 0.6) is 0 Å². The summed E-state index contributed by atoms with van der Waals surface area (Å²) in [5.41, 5.74) is 0. The Labute approximate surface area is 356 Å². The van der Waals surface area contributed by atoms with Crippen LogP contribution in [-0.2, 0) is 105 Å². The first-order valence-corrected chi connectivity index (χ1v) is 18.6. The van der Waals surface area contributed by atoms with Crippen molar-refractivity contribution in [2.24, 2.45) is 0 Å². The second-order valence-electron chi connectivity index (χ2n) is 12.8. The smallest absolute Gasteiger partial charge is 0.303 e. The maximum absolute atomic E-state index is 12.6. The summed E-state index contributed by atoms with van der Waals surface area (Å²) in [6, 6.07) is 0. The van der Waals surface area contributed by atoms with Crippen LogP contribution < -0.4 is 0 Å². The van der Waals surface area contributed by atoms with Gasteiger partial charge in [0.25, 0.3) is 3.79 Å². The van der Waals surface area contributed by atoms with E-state index < -0.39 is 150 Å². The lowest BCUT2D eigenvalue weighted by Crippen LogP contribution is -2.67. The molecule has 0 saturated carbocycles. The predicted molar refractivity (Wildman–Crippen MR) is 193 cm³/mol. The summed E-state index contributed by atoms with van der Waals surface area (Å²) in [5.74, 6) is -10.1. The molecule has 0 aromatic heterocycles. The van der Waals surface area contributed by atoms with Crippen molar-refractivity contribution in [1.82, 2.24) is 0 Å². The van der Waals surface area contributed by atoms with Crippen molar-refractivity contribution in [3.05, 3.63) is 0 Å². The van der Waals surface area contributed by atoms with Crippen LogP contribution in [0, 0.1) is 5.41 Å². The van der Waals surface area contributed by atoms with E-state index in [4.69, 9.17) is 102 Å². The molecule has 338 valence electrons. The molecule has 2 rings (SSSR count). The highest BCUT2D eigenvalue weighted by molar-refractivity contribution is 6.76. The number of hydrogen-bond acceptors (Lipinski definition) is 23. The van der Waals surface area contributed by atoms with Gasteiger partial charge < -0.3 is 61.6 Å². The lowest BCUT2D eigenvalue weighted by Gasteiger charge is -2.47. The molecule has 1 N–H and O–H groups in total. The van der Waals surface area contributed by atoms with Crippen molar-refractivity contribution in [3.8, 4) is 0 Å². The summed E-state index contributed by atoms with van der Waals surface area (Å²) >= 11 is 17.5. The fourth-order valence-electron chi connectivity index (χ4n) is 5.83. The molecular weight excluding hydrogens is 881 g/mol. The van der Waals surface area contributed by atoms with Gasteiger partial charge in [-0.1, -0.05) is 34.8 Å². The highest BCUT2D eigenvalue weighted by Gasteiger charge is 2.59. The van der Waals surface area contributed by atoms with Gasteiger partial charge in [0, 0.05) is 62.3 Å². The zero-order valence-corrected chi connectivity index (χ0v) is 35.7. The van der Waals surface area contributed by atoms with Crippen LogP contribution in [0.15, 0.2) is 0 Å². The van der Waals surface area contributed by atoms with Crippen molar-refractivity contribution in [3.63, 3.8) is 0 Å². The molecule has 2 fully saturated rings. The van der Waals surface area contributed by atoms with Gasteiger partial charge in [-0.15, -0.1) is 0 Å². The highest BCUT2D eigenvalue weighted by atomic mass is 35.6. The van der Waals surface area contributed by atoms with E-state index >= 15 is 0 Å². The van der Waals surface area contributed by atoms with Crippen molar-refractivity contribution in [2.45, 2.75) is 140 Å². The van der Waals surface area contributed by atoms with Crippen LogP contribution in [0.25, 0.3) is 0 Å². The molecule has 2 aliphatic heterocycles. The molecule has 12 atom stereocenters. The van der Waals surface area contributed by atoms with Crippen molar-refractivity contribution in [2.75, 3.05) is 13.2 Å². The van der Waals surface area contributed by atoms with E-state index in [-0.39, 0.29) is 0 Å². The van der Waals surface area contributed by atoms with Crippen LogP contribution in [-0.4, -0.2) is 150 Å². The predicted octanol–water partition coefficient (Wildman–Crippen LogP) is 0.834. The zero-order valence-electron chi connectivity index (χ0n) is 33.5. The molecule has 26 heteroatoms. The van der Waals surface area contributed by atoms with Gasteiger partial charge in [-0.3, -0.25) is 48.6 Å². The van der Waals surface area contributed by atoms with Crippen molar-refractivity contribution in [1.29, 1.82) is 5.41 Å². The summed E-state index contributed by atoms with van der Waals surface area (Å²) in [6.07, 6.45) is -22.2. The second-order valence-corrected chi connectivity index (χ2v) is 15.0. The number of alkyl halides is 3. The molecule has 0 aliphatic carbocycles. The molecule has 23 nitrogen and oxygen atoms in total. The van der Waals surface area contributed by atoms with E-state index in [0.29, 0.717) is 0 Å². The zero-order chi connectivity index (χ0) is 45.8. The number of rotatable bonds is 16. The van der Waals surface area contributed by atoms with Gasteiger partial charge in [-0.2, -0.15) is 0 Å². The summed E-state index contributed by atoms with van der Waals surface area (Å²) in [7, 11) is 0. The molecule has 60 heavy (non-hydrogen) atoms. The van der Waals surface area contributed by atoms with Crippen LogP contribution in [0.2, 0.25) is 0 Å². The Morgan fingerprint density at radius 1 is 0.467 bits per heavy atom. The van der Waals surface area contributed by atoms with Crippen molar-refractivity contribution >= 4 is 94.4 Å². The van der Waals surface area contributed by atoms with E-state index in [1.165, 1.54) is 0 Å². The van der Waals surface area contributed by atoms with E-state index in [0.717, 1.165) is 62.3 Å². The Morgan fingerprint density at radius 2 is 0.800 bits per heavy atom. The number of ether oxygens (including phenoxy) is 13. The molecule has 2 heterocycles. The van der Waals surface area contributed by atoms with Crippen LogP contribution in [0.3, 0.4) is 0 Å². The number of halogens is 3. The van der Waals surface area contributed by atoms with Gasteiger partial charge in [-0.05, 0) is 0 Å². The van der Waals surface area contributed by atoms with Crippen LogP contribution in [0.4, 0.5) is 0 Å². The third-order valence-electron chi connectivity index (χ3n) is 7.61. The lowest BCUT2D eigenvalue weighted by atomic mass is 9.93. The first-order valence-electron chi connectivity index (χ1n) is 17.5. The maximum atomic E-state index is 12.6. The Morgan fingerprint density at radius 3 is 1.15 bits per heavy atom. The average Bonchev–Trinajstić information content (AvgIpc) is 3.07. The number of hydrogen-bond donors (Lipinski definition) is 1. The number of carbonyl (C=O) groups excluding carboxylic acids is 9. The number of esters is 9. The first-order chi connectivity index (χ1) is 27.7. The van der Waals surface area contributed by atoms with Crippen LogP contribution in [0.1, 0.15) is 62.3 Å². The highest BCUT2D eigenvalue weighted by Crippen LogP contribution is 2.37. The summed E-state index contributed by atoms with van der Waals surface area (Å²) in [6.45, 7) is 6.94. The largest absolute Gasteiger partial charge is 0.462 e. The summed E-state index contributed by atoms with van der Waals surface area (Å²) < 4.78 is 69.3. The van der Waals surface area contributed by atoms with Gasteiger partial charge in [-0.25, -0.2) is 0 Å². The molecule has 0 radical (unpaired) electrons. The van der Waals surface area contributed by atoms with E-state index in [1.54, 1.807) is 0 Å². The fraction of sp³-hybridized carbons (Fsp3) is 0.706. The van der Waals surface area contributed by atoms with E-state index in [1.807, 2.05) is 0 Å². The quantitative estimate of drug-likeness (QED) is 0.0737. The fourth-order valence-corrected chi connectivity index (χ4v) is 5.96.